The Labute approximate surface area is 114 Å². The summed E-state index contributed by atoms with van der Waals surface area (Å²) in [6.07, 6.45) is 0. The minimum absolute atomic E-state index is 0.0871. The van der Waals surface area contributed by atoms with Crippen LogP contribution in [0.5, 0.6) is 0 Å². The van der Waals surface area contributed by atoms with E-state index in [-0.39, 0.29) is 17.4 Å². The highest BCUT2D eigenvalue weighted by Crippen LogP contribution is 2.22. The zero-order chi connectivity index (χ0) is 13.8. The van der Waals surface area contributed by atoms with Crippen molar-refractivity contribution >= 4 is 17.5 Å². The van der Waals surface area contributed by atoms with Crippen LogP contribution < -0.4 is 0 Å². The highest BCUT2D eigenvalue weighted by molar-refractivity contribution is 8.00. The van der Waals surface area contributed by atoms with Gasteiger partial charge in [-0.25, -0.2) is 8.78 Å². The van der Waals surface area contributed by atoms with Crippen molar-refractivity contribution in [1.82, 2.24) is 0 Å². The first-order valence-corrected chi connectivity index (χ1v) is 6.72. The van der Waals surface area contributed by atoms with Crippen LogP contribution in [0.4, 0.5) is 8.78 Å². The Balaban J connectivity index is 2.08. The lowest BCUT2D eigenvalue weighted by atomic mass is 10.1. The number of rotatable bonds is 4. The van der Waals surface area contributed by atoms with Gasteiger partial charge in [0.2, 0.25) is 0 Å². The van der Waals surface area contributed by atoms with Crippen molar-refractivity contribution in [3.05, 3.63) is 65.2 Å². The third-order valence-electron chi connectivity index (χ3n) is 2.56. The van der Waals surface area contributed by atoms with E-state index < -0.39 is 5.82 Å². The highest BCUT2D eigenvalue weighted by atomic mass is 32.2. The summed E-state index contributed by atoms with van der Waals surface area (Å²) in [5.74, 6) is -0.907. The summed E-state index contributed by atoms with van der Waals surface area (Å²) < 4.78 is 26.6. The number of benzene rings is 2. The van der Waals surface area contributed by atoms with Gasteiger partial charge in [-0.2, -0.15) is 0 Å². The summed E-state index contributed by atoms with van der Waals surface area (Å²) in [5, 5.41) is 0. The number of ketones is 1. The predicted molar refractivity (Wildman–Crippen MR) is 72.6 cm³/mol. The number of carbonyl (C=O) groups excluding carboxylic acids is 1. The highest BCUT2D eigenvalue weighted by Gasteiger charge is 2.10. The number of halogens is 2. The molecule has 0 unspecified atom stereocenters. The molecule has 2 aromatic rings. The van der Waals surface area contributed by atoms with E-state index in [9.17, 15) is 13.6 Å². The van der Waals surface area contributed by atoms with Gasteiger partial charge in [-0.3, -0.25) is 4.79 Å². The zero-order valence-corrected chi connectivity index (χ0v) is 11.1. The normalized spacial score (nSPS) is 10.5. The van der Waals surface area contributed by atoms with Gasteiger partial charge in [0.15, 0.2) is 5.78 Å². The Kier molecular flexibility index (Phi) is 4.32. The zero-order valence-electron chi connectivity index (χ0n) is 10.3. The topological polar surface area (TPSA) is 17.1 Å². The summed E-state index contributed by atoms with van der Waals surface area (Å²) in [6, 6.07) is 10.5. The summed E-state index contributed by atoms with van der Waals surface area (Å²) in [4.78, 5) is 12.3. The monoisotopic (exact) mass is 278 g/mol. The SMILES string of the molecule is Cc1cc(F)cc(C(=O)CSc2ccccc2F)c1. The molecule has 19 heavy (non-hydrogen) atoms. The van der Waals surface area contributed by atoms with Crippen molar-refractivity contribution in [2.45, 2.75) is 11.8 Å². The fraction of sp³-hybridized carbons (Fsp3) is 0.133. The largest absolute Gasteiger partial charge is 0.293 e. The Morgan fingerprint density at radius 3 is 2.58 bits per heavy atom. The van der Waals surface area contributed by atoms with Crippen LogP contribution in [0, 0.1) is 18.6 Å². The van der Waals surface area contributed by atoms with E-state index in [1.165, 1.54) is 18.2 Å². The minimum atomic E-state index is -0.431. The maximum atomic E-state index is 13.4. The maximum absolute atomic E-state index is 13.4. The maximum Gasteiger partial charge on any atom is 0.173 e. The van der Waals surface area contributed by atoms with E-state index in [1.54, 1.807) is 31.2 Å². The molecule has 0 bridgehead atoms. The molecule has 0 heterocycles. The fourth-order valence-electron chi connectivity index (χ4n) is 1.69. The van der Waals surface area contributed by atoms with Gasteiger partial charge in [-0.05, 0) is 42.8 Å². The fourth-order valence-corrected chi connectivity index (χ4v) is 2.52. The number of hydrogen-bond acceptors (Lipinski definition) is 2. The second kappa shape index (κ2) is 5.97. The predicted octanol–water partition coefficient (Wildman–Crippen LogP) is 4.25. The molecule has 98 valence electrons. The number of Topliss-reactive ketones (excluding diaryl/α,β-unsaturated/α-hetero) is 1. The molecule has 0 aromatic heterocycles. The van der Waals surface area contributed by atoms with Crippen molar-refractivity contribution in [2.75, 3.05) is 5.75 Å². The molecule has 0 N–H and O–H groups in total. The summed E-state index contributed by atoms with van der Waals surface area (Å²) >= 11 is 1.11. The van der Waals surface area contributed by atoms with E-state index in [4.69, 9.17) is 0 Å². The van der Waals surface area contributed by atoms with Gasteiger partial charge in [0, 0.05) is 10.5 Å². The molecule has 0 saturated heterocycles. The lowest BCUT2D eigenvalue weighted by Crippen LogP contribution is -2.03. The molecule has 0 amide bonds. The third kappa shape index (κ3) is 3.64. The van der Waals surface area contributed by atoms with E-state index in [0.29, 0.717) is 16.0 Å². The molecule has 4 heteroatoms. The second-order valence-corrected chi connectivity index (χ2v) is 5.18. The molecule has 0 radical (unpaired) electrons. The molecule has 2 aromatic carbocycles. The number of hydrogen-bond donors (Lipinski definition) is 0. The molecule has 0 aliphatic heterocycles. The lowest BCUT2D eigenvalue weighted by Gasteiger charge is -2.04. The van der Waals surface area contributed by atoms with Crippen molar-refractivity contribution < 1.29 is 13.6 Å². The van der Waals surface area contributed by atoms with Crippen LogP contribution in [0.2, 0.25) is 0 Å². The van der Waals surface area contributed by atoms with E-state index >= 15 is 0 Å². The molecular weight excluding hydrogens is 266 g/mol. The van der Waals surface area contributed by atoms with Crippen LogP contribution in [0.15, 0.2) is 47.4 Å². The molecule has 0 aliphatic carbocycles. The standard InChI is InChI=1S/C15H12F2OS/c1-10-6-11(8-12(16)7-10)14(18)9-19-15-5-3-2-4-13(15)17/h2-8H,9H2,1H3. The molecule has 0 spiro atoms. The number of aryl methyl sites for hydroxylation is 1. The van der Waals surface area contributed by atoms with Crippen LogP contribution in [0.3, 0.4) is 0 Å². The van der Waals surface area contributed by atoms with Gasteiger partial charge < -0.3 is 0 Å². The average Bonchev–Trinajstić information content (AvgIpc) is 2.36. The molecule has 0 atom stereocenters. The first-order chi connectivity index (χ1) is 9.06. The molecule has 0 fully saturated rings. The Morgan fingerprint density at radius 1 is 1.16 bits per heavy atom. The van der Waals surface area contributed by atoms with Gasteiger partial charge in [-0.1, -0.05) is 12.1 Å². The van der Waals surface area contributed by atoms with Crippen LogP contribution >= 0.6 is 11.8 Å². The van der Waals surface area contributed by atoms with Gasteiger partial charge in [0.25, 0.3) is 0 Å². The van der Waals surface area contributed by atoms with Crippen molar-refractivity contribution in [1.29, 1.82) is 0 Å². The van der Waals surface area contributed by atoms with Crippen LogP contribution in [-0.4, -0.2) is 11.5 Å². The van der Waals surface area contributed by atoms with E-state index in [2.05, 4.69) is 0 Å². The molecular formula is C15H12F2OS. The van der Waals surface area contributed by atoms with E-state index in [1.807, 2.05) is 0 Å². The first kappa shape index (κ1) is 13.7. The average molecular weight is 278 g/mol. The molecule has 2 rings (SSSR count). The molecule has 0 aliphatic rings. The number of thioether (sulfide) groups is 1. The second-order valence-electron chi connectivity index (χ2n) is 4.16. The Morgan fingerprint density at radius 2 is 1.89 bits per heavy atom. The molecule has 1 nitrogen and oxygen atoms in total. The minimum Gasteiger partial charge on any atom is -0.293 e. The third-order valence-corrected chi connectivity index (χ3v) is 3.61. The van der Waals surface area contributed by atoms with Gasteiger partial charge in [0.05, 0.1) is 5.75 Å². The molecule has 0 saturated carbocycles. The first-order valence-electron chi connectivity index (χ1n) is 5.74. The quantitative estimate of drug-likeness (QED) is 0.614. The summed E-state index contributed by atoms with van der Waals surface area (Å²) in [5.41, 5.74) is 1.01. The summed E-state index contributed by atoms with van der Waals surface area (Å²) in [6.45, 7) is 1.73. The van der Waals surface area contributed by atoms with Gasteiger partial charge in [0.1, 0.15) is 11.6 Å². The van der Waals surface area contributed by atoms with Crippen LogP contribution in [-0.2, 0) is 0 Å². The van der Waals surface area contributed by atoms with Crippen LogP contribution in [0.25, 0.3) is 0 Å². The Hall–Kier alpha value is -1.68. The lowest BCUT2D eigenvalue weighted by molar-refractivity contribution is 0.102. The van der Waals surface area contributed by atoms with Crippen molar-refractivity contribution in [3.8, 4) is 0 Å². The van der Waals surface area contributed by atoms with Gasteiger partial charge in [-0.15, -0.1) is 11.8 Å². The number of carbonyl (C=O) groups is 1. The Bertz CT molecular complexity index is 591. The van der Waals surface area contributed by atoms with E-state index in [0.717, 1.165) is 11.8 Å². The van der Waals surface area contributed by atoms with Gasteiger partial charge >= 0.3 is 0 Å². The summed E-state index contributed by atoms with van der Waals surface area (Å²) in [7, 11) is 0. The van der Waals surface area contributed by atoms with Crippen molar-refractivity contribution in [3.63, 3.8) is 0 Å². The van der Waals surface area contributed by atoms with Crippen LogP contribution in [0.1, 0.15) is 15.9 Å². The van der Waals surface area contributed by atoms with Crippen molar-refractivity contribution in [2.24, 2.45) is 0 Å². The smallest absolute Gasteiger partial charge is 0.173 e.